The lowest BCUT2D eigenvalue weighted by molar-refractivity contribution is -0.127. The zero-order valence-corrected chi connectivity index (χ0v) is 18.5. The smallest absolute Gasteiger partial charge is 0.409 e. The summed E-state index contributed by atoms with van der Waals surface area (Å²) in [4.78, 5) is 40.8. The minimum atomic E-state index is -0.300. The van der Waals surface area contributed by atoms with Crippen molar-refractivity contribution in [3.63, 3.8) is 0 Å². The molecular formula is C21H27Cl2N3O4. The highest BCUT2D eigenvalue weighted by Crippen LogP contribution is 2.25. The normalized spacial score (nSPS) is 20.0. The second kappa shape index (κ2) is 10.4. The molecule has 0 saturated carbocycles. The number of piperidine rings is 2. The number of hydrogen-bond acceptors (Lipinski definition) is 4. The van der Waals surface area contributed by atoms with Crippen molar-refractivity contribution in [3.8, 4) is 0 Å². The van der Waals surface area contributed by atoms with Crippen molar-refractivity contribution in [3.05, 3.63) is 33.8 Å². The van der Waals surface area contributed by atoms with Crippen molar-refractivity contribution < 1.29 is 19.1 Å². The molecular weight excluding hydrogens is 429 g/mol. The van der Waals surface area contributed by atoms with E-state index in [1.54, 1.807) is 34.9 Å². The Bertz CT molecular complexity index is 796. The van der Waals surface area contributed by atoms with Gasteiger partial charge in [0.2, 0.25) is 5.91 Å². The summed E-state index contributed by atoms with van der Waals surface area (Å²) in [6.45, 7) is 4.26. The van der Waals surface area contributed by atoms with E-state index < -0.39 is 0 Å². The molecule has 30 heavy (non-hydrogen) atoms. The number of hydrogen-bond donors (Lipinski definition) is 1. The van der Waals surface area contributed by atoms with Gasteiger partial charge in [0.15, 0.2) is 0 Å². The number of ether oxygens (including phenoxy) is 1. The van der Waals surface area contributed by atoms with Gasteiger partial charge in [-0.15, -0.1) is 0 Å². The largest absolute Gasteiger partial charge is 0.450 e. The van der Waals surface area contributed by atoms with Crippen LogP contribution in [0.1, 0.15) is 43.0 Å². The average Bonchev–Trinajstić information content (AvgIpc) is 2.76. The summed E-state index contributed by atoms with van der Waals surface area (Å²) in [6.07, 6.45) is 2.61. The third-order valence-corrected chi connectivity index (χ3v) is 6.35. The molecule has 0 bridgehead atoms. The average molecular weight is 456 g/mol. The number of carbonyl (C=O) groups excluding carboxylic acids is 3. The Morgan fingerprint density at radius 1 is 1.07 bits per heavy atom. The fourth-order valence-electron chi connectivity index (χ4n) is 3.93. The van der Waals surface area contributed by atoms with Gasteiger partial charge in [-0.25, -0.2) is 4.79 Å². The maximum atomic E-state index is 12.8. The lowest BCUT2D eigenvalue weighted by Crippen LogP contribution is -2.50. The Kier molecular flexibility index (Phi) is 7.83. The molecule has 164 valence electrons. The Balaban J connectivity index is 1.51. The fourth-order valence-corrected chi connectivity index (χ4v) is 4.23. The van der Waals surface area contributed by atoms with Gasteiger partial charge in [-0.1, -0.05) is 23.2 Å². The quantitative estimate of drug-likeness (QED) is 0.752. The first kappa shape index (κ1) is 22.7. The molecule has 1 atom stereocenters. The summed E-state index contributed by atoms with van der Waals surface area (Å²) >= 11 is 12.0. The van der Waals surface area contributed by atoms with Crippen molar-refractivity contribution in [1.29, 1.82) is 0 Å². The van der Waals surface area contributed by atoms with Crippen LogP contribution in [-0.4, -0.2) is 66.5 Å². The number of nitrogens with zero attached hydrogens (tertiary/aromatic N) is 2. The Labute approximate surface area is 186 Å². The molecule has 2 saturated heterocycles. The van der Waals surface area contributed by atoms with Crippen molar-refractivity contribution in [1.82, 2.24) is 15.1 Å². The minimum absolute atomic E-state index is 0.0313. The maximum absolute atomic E-state index is 12.8. The molecule has 0 aliphatic carbocycles. The van der Waals surface area contributed by atoms with Crippen LogP contribution >= 0.6 is 23.2 Å². The molecule has 2 fully saturated rings. The molecule has 1 aromatic carbocycles. The Morgan fingerprint density at radius 3 is 2.47 bits per heavy atom. The topological polar surface area (TPSA) is 79.0 Å². The minimum Gasteiger partial charge on any atom is -0.450 e. The number of rotatable bonds is 4. The van der Waals surface area contributed by atoms with Gasteiger partial charge in [-0.3, -0.25) is 9.59 Å². The monoisotopic (exact) mass is 455 g/mol. The van der Waals surface area contributed by atoms with E-state index in [1.165, 1.54) is 0 Å². The van der Waals surface area contributed by atoms with Gasteiger partial charge >= 0.3 is 6.09 Å². The molecule has 1 unspecified atom stereocenters. The number of likely N-dealkylation sites (tertiary alicyclic amines) is 2. The third kappa shape index (κ3) is 5.58. The molecule has 0 aromatic heterocycles. The van der Waals surface area contributed by atoms with Gasteiger partial charge in [0.25, 0.3) is 5.91 Å². The summed E-state index contributed by atoms with van der Waals surface area (Å²) in [5.74, 6) is -0.418. The standard InChI is InChI=1S/C21H27Cl2N3O4/c1-2-30-21(29)25-10-7-16(8-11-25)24-19(27)15-4-3-9-26(13-15)20(28)14-5-6-17(22)18(23)12-14/h5-6,12,15-16H,2-4,7-11,13H2,1H3,(H,24,27). The molecule has 0 radical (unpaired) electrons. The summed E-state index contributed by atoms with van der Waals surface area (Å²) < 4.78 is 5.02. The first-order chi connectivity index (χ1) is 14.4. The van der Waals surface area contributed by atoms with Gasteiger partial charge in [0.05, 0.1) is 22.6 Å². The maximum Gasteiger partial charge on any atom is 0.409 e. The first-order valence-electron chi connectivity index (χ1n) is 10.4. The number of amides is 3. The van der Waals surface area contributed by atoms with Gasteiger partial charge in [0, 0.05) is 37.8 Å². The molecule has 7 nitrogen and oxygen atoms in total. The molecule has 2 heterocycles. The van der Waals surface area contributed by atoms with Crippen LogP contribution in [0.5, 0.6) is 0 Å². The predicted molar refractivity (Wildman–Crippen MR) is 115 cm³/mol. The highest BCUT2D eigenvalue weighted by Gasteiger charge is 2.31. The molecule has 2 aliphatic rings. The molecule has 0 spiro atoms. The second-order valence-electron chi connectivity index (χ2n) is 7.69. The summed E-state index contributed by atoms with van der Waals surface area (Å²) in [5.41, 5.74) is 0.469. The van der Waals surface area contributed by atoms with Crippen LogP contribution in [0.15, 0.2) is 18.2 Å². The Morgan fingerprint density at radius 2 is 1.80 bits per heavy atom. The van der Waals surface area contributed by atoms with Crippen molar-refractivity contribution >= 4 is 41.1 Å². The van der Waals surface area contributed by atoms with Crippen LogP contribution in [0.4, 0.5) is 4.79 Å². The summed E-state index contributed by atoms with van der Waals surface area (Å²) in [7, 11) is 0. The van der Waals surface area contributed by atoms with Crippen LogP contribution in [0.25, 0.3) is 0 Å². The lowest BCUT2D eigenvalue weighted by atomic mass is 9.95. The van der Waals surface area contributed by atoms with Crippen LogP contribution in [0.2, 0.25) is 10.0 Å². The van der Waals surface area contributed by atoms with Crippen molar-refractivity contribution in [2.75, 3.05) is 32.8 Å². The SMILES string of the molecule is CCOC(=O)N1CCC(NC(=O)C2CCCN(C(=O)c3ccc(Cl)c(Cl)c3)C2)CC1. The zero-order chi connectivity index (χ0) is 21.7. The Hall–Kier alpha value is -1.99. The van der Waals surface area contributed by atoms with Gasteiger partial charge < -0.3 is 19.9 Å². The van der Waals surface area contributed by atoms with E-state index in [0.717, 1.165) is 12.8 Å². The van der Waals surface area contributed by atoms with Gasteiger partial charge in [-0.2, -0.15) is 0 Å². The van der Waals surface area contributed by atoms with Crippen molar-refractivity contribution in [2.24, 2.45) is 5.92 Å². The third-order valence-electron chi connectivity index (χ3n) is 5.61. The predicted octanol–water partition coefficient (Wildman–Crippen LogP) is 3.58. The summed E-state index contributed by atoms with van der Waals surface area (Å²) in [6, 6.07) is 4.85. The van der Waals surface area contributed by atoms with Crippen LogP contribution in [-0.2, 0) is 9.53 Å². The van der Waals surface area contributed by atoms with E-state index in [2.05, 4.69) is 5.32 Å². The highest BCUT2D eigenvalue weighted by atomic mass is 35.5. The first-order valence-corrected chi connectivity index (χ1v) is 11.1. The molecule has 1 N–H and O–H groups in total. The zero-order valence-electron chi connectivity index (χ0n) is 17.0. The summed E-state index contributed by atoms with van der Waals surface area (Å²) in [5, 5.41) is 3.84. The van der Waals surface area contributed by atoms with Gasteiger partial charge in [0.1, 0.15) is 0 Å². The number of benzene rings is 1. The number of halogens is 2. The van der Waals surface area contributed by atoms with E-state index in [0.29, 0.717) is 61.2 Å². The van der Waals surface area contributed by atoms with E-state index in [9.17, 15) is 14.4 Å². The number of carbonyl (C=O) groups is 3. The highest BCUT2D eigenvalue weighted by molar-refractivity contribution is 6.42. The molecule has 2 aliphatic heterocycles. The van der Waals surface area contributed by atoms with Crippen LogP contribution < -0.4 is 5.32 Å². The van der Waals surface area contributed by atoms with E-state index in [-0.39, 0.29) is 29.9 Å². The van der Waals surface area contributed by atoms with E-state index in [4.69, 9.17) is 27.9 Å². The van der Waals surface area contributed by atoms with Crippen LogP contribution in [0.3, 0.4) is 0 Å². The second-order valence-corrected chi connectivity index (χ2v) is 8.50. The van der Waals surface area contributed by atoms with Gasteiger partial charge in [-0.05, 0) is 50.8 Å². The number of nitrogens with one attached hydrogen (secondary N) is 1. The van der Waals surface area contributed by atoms with E-state index >= 15 is 0 Å². The molecule has 3 amide bonds. The van der Waals surface area contributed by atoms with Crippen molar-refractivity contribution in [2.45, 2.75) is 38.6 Å². The van der Waals surface area contributed by atoms with E-state index in [1.807, 2.05) is 0 Å². The molecule has 3 rings (SSSR count). The fraction of sp³-hybridized carbons (Fsp3) is 0.571. The lowest BCUT2D eigenvalue weighted by Gasteiger charge is -2.35. The molecule has 1 aromatic rings. The molecule has 9 heteroatoms. The van der Waals surface area contributed by atoms with Crippen LogP contribution in [0, 0.1) is 5.92 Å².